The number of benzene rings is 3. The first-order valence-corrected chi connectivity index (χ1v) is 8.20. The molecule has 0 saturated carbocycles. The average Bonchev–Trinajstić information content (AvgIpc) is 2.67. The molecule has 0 aliphatic heterocycles. The second kappa shape index (κ2) is 7.65. The van der Waals surface area contributed by atoms with Crippen LogP contribution >= 0.6 is 0 Å². The standard InChI is InChI=1S/C23H22O/c1-3-20(18-12-6-4-7-13-18)23(19-14-8-5-9-15-19)21-16-10-11-17-22(21)24-2/h3-17,20,23H,1H2,2H3. The second-order valence-electron chi connectivity index (χ2n) is 5.80. The second-order valence-corrected chi connectivity index (χ2v) is 5.80. The molecule has 24 heavy (non-hydrogen) atoms. The zero-order chi connectivity index (χ0) is 16.8. The molecule has 0 aromatic heterocycles. The number of hydrogen-bond acceptors (Lipinski definition) is 1. The quantitative estimate of drug-likeness (QED) is 0.523. The van der Waals surface area contributed by atoms with Gasteiger partial charge in [0.25, 0.3) is 0 Å². The van der Waals surface area contributed by atoms with E-state index in [1.165, 1.54) is 16.7 Å². The highest BCUT2D eigenvalue weighted by atomic mass is 16.5. The van der Waals surface area contributed by atoms with E-state index in [-0.39, 0.29) is 11.8 Å². The average molecular weight is 314 g/mol. The molecule has 120 valence electrons. The van der Waals surface area contributed by atoms with Crippen molar-refractivity contribution in [1.29, 1.82) is 0 Å². The van der Waals surface area contributed by atoms with E-state index in [0.717, 1.165) is 5.75 Å². The lowest BCUT2D eigenvalue weighted by Crippen LogP contribution is -2.12. The summed E-state index contributed by atoms with van der Waals surface area (Å²) < 4.78 is 5.64. The normalized spacial score (nSPS) is 13.0. The van der Waals surface area contributed by atoms with Crippen LogP contribution in [0.25, 0.3) is 0 Å². The predicted molar refractivity (Wildman–Crippen MR) is 101 cm³/mol. The van der Waals surface area contributed by atoms with Gasteiger partial charge in [-0.05, 0) is 17.2 Å². The molecule has 0 N–H and O–H groups in total. The van der Waals surface area contributed by atoms with Crippen molar-refractivity contribution in [2.75, 3.05) is 7.11 Å². The van der Waals surface area contributed by atoms with E-state index in [9.17, 15) is 0 Å². The monoisotopic (exact) mass is 314 g/mol. The molecule has 0 heterocycles. The van der Waals surface area contributed by atoms with Gasteiger partial charge in [0.15, 0.2) is 0 Å². The molecular formula is C23H22O. The third-order valence-electron chi connectivity index (χ3n) is 4.43. The van der Waals surface area contributed by atoms with Crippen LogP contribution in [-0.2, 0) is 0 Å². The van der Waals surface area contributed by atoms with Crippen LogP contribution in [0, 0.1) is 0 Å². The van der Waals surface area contributed by atoms with Crippen molar-refractivity contribution in [2.45, 2.75) is 11.8 Å². The summed E-state index contributed by atoms with van der Waals surface area (Å²) in [5.41, 5.74) is 3.70. The third kappa shape index (κ3) is 3.26. The molecule has 0 saturated heterocycles. The van der Waals surface area contributed by atoms with E-state index < -0.39 is 0 Å². The lowest BCUT2D eigenvalue weighted by molar-refractivity contribution is 0.406. The van der Waals surface area contributed by atoms with Crippen molar-refractivity contribution in [3.8, 4) is 5.75 Å². The molecule has 0 aliphatic rings. The SMILES string of the molecule is C=CC(c1ccccc1)C(c1ccccc1)c1ccccc1OC. The van der Waals surface area contributed by atoms with Crippen molar-refractivity contribution in [3.05, 3.63) is 114 Å². The smallest absolute Gasteiger partial charge is 0.122 e. The Bertz CT molecular complexity index is 777. The first-order chi connectivity index (χ1) is 11.8. The minimum absolute atomic E-state index is 0.155. The summed E-state index contributed by atoms with van der Waals surface area (Å²) in [6, 6.07) is 29.4. The van der Waals surface area contributed by atoms with Crippen molar-refractivity contribution in [2.24, 2.45) is 0 Å². The van der Waals surface area contributed by atoms with Gasteiger partial charge in [0.1, 0.15) is 5.75 Å². The summed E-state index contributed by atoms with van der Waals surface area (Å²) in [7, 11) is 1.73. The molecule has 0 radical (unpaired) electrons. The number of allylic oxidation sites excluding steroid dienone is 1. The molecule has 1 nitrogen and oxygen atoms in total. The maximum Gasteiger partial charge on any atom is 0.122 e. The molecule has 0 bridgehead atoms. The highest BCUT2D eigenvalue weighted by Crippen LogP contribution is 2.42. The van der Waals surface area contributed by atoms with E-state index in [1.807, 2.05) is 30.3 Å². The molecule has 1 heteroatoms. The van der Waals surface area contributed by atoms with Gasteiger partial charge < -0.3 is 4.74 Å². The fourth-order valence-electron chi connectivity index (χ4n) is 3.30. The van der Waals surface area contributed by atoms with Crippen molar-refractivity contribution < 1.29 is 4.74 Å². The largest absolute Gasteiger partial charge is 0.496 e. The van der Waals surface area contributed by atoms with Crippen LogP contribution in [0.3, 0.4) is 0 Å². The summed E-state index contributed by atoms with van der Waals surface area (Å²) >= 11 is 0. The molecule has 0 spiro atoms. The Hall–Kier alpha value is -2.80. The number of methoxy groups -OCH3 is 1. The molecule has 0 amide bonds. The van der Waals surface area contributed by atoms with Gasteiger partial charge in [-0.1, -0.05) is 84.9 Å². The first-order valence-electron chi connectivity index (χ1n) is 8.20. The van der Waals surface area contributed by atoms with Crippen LogP contribution in [0.5, 0.6) is 5.75 Å². The third-order valence-corrected chi connectivity index (χ3v) is 4.43. The molecule has 3 aromatic carbocycles. The Labute approximate surface area is 144 Å². The highest BCUT2D eigenvalue weighted by Gasteiger charge is 2.26. The number of rotatable bonds is 6. The summed E-state index contributed by atoms with van der Waals surface area (Å²) in [6.45, 7) is 4.12. The van der Waals surface area contributed by atoms with Gasteiger partial charge >= 0.3 is 0 Å². The van der Waals surface area contributed by atoms with Gasteiger partial charge in [0.2, 0.25) is 0 Å². The topological polar surface area (TPSA) is 9.23 Å². The molecule has 3 aromatic rings. The molecule has 2 unspecified atom stereocenters. The zero-order valence-electron chi connectivity index (χ0n) is 13.9. The zero-order valence-corrected chi connectivity index (χ0v) is 13.9. The Balaban J connectivity index is 2.17. The number of ether oxygens (including phenoxy) is 1. The number of hydrogen-bond donors (Lipinski definition) is 0. The van der Waals surface area contributed by atoms with Crippen LogP contribution < -0.4 is 4.74 Å². The van der Waals surface area contributed by atoms with E-state index in [2.05, 4.69) is 67.2 Å². The van der Waals surface area contributed by atoms with Crippen molar-refractivity contribution in [1.82, 2.24) is 0 Å². The summed E-state index contributed by atoms with van der Waals surface area (Å²) in [4.78, 5) is 0. The summed E-state index contributed by atoms with van der Waals surface area (Å²) in [6.07, 6.45) is 2.04. The van der Waals surface area contributed by atoms with Gasteiger partial charge in [0, 0.05) is 17.4 Å². The Kier molecular flexibility index (Phi) is 5.12. The maximum atomic E-state index is 5.64. The Morgan fingerprint density at radius 2 is 1.29 bits per heavy atom. The highest BCUT2D eigenvalue weighted by molar-refractivity contribution is 5.46. The van der Waals surface area contributed by atoms with Crippen LogP contribution in [0.1, 0.15) is 28.5 Å². The maximum absolute atomic E-state index is 5.64. The molecule has 0 aliphatic carbocycles. The van der Waals surface area contributed by atoms with Gasteiger partial charge in [-0.15, -0.1) is 6.58 Å². The van der Waals surface area contributed by atoms with Gasteiger partial charge in [-0.3, -0.25) is 0 Å². The Morgan fingerprint density at radius 3 is 1.88 bits per heavy atom. The van der Waals surface area contributed by atoms with Crippen molar-refractivity contribution in [3.63, 3.8) is 0 Å². The predicted octanol–water partition coefficient (Wildman–Crippen LogP) is 5.80. The van der Waals surface area contributed by atoms with E-state index in [4.69, 9.17) is 4.74 Å². The summed E-state index contributed by atoms with van der Waals surface area (Å²) in [5.74, 6) is 1.24. The first kappa shape index (κ1) is 16.1. The number of para-hydroxylation sites is 1. The lowest BCUT2D eigenvalue weighted by atomic mass is 9.77. The van der Waals surface area contributed by atoms with E-state index in [0.29, 0.717) is 0 Å². The van der Waals surface area contributed by atoms with Gasteiger partial charge in [0.05, 0.1) is 7.11 Å². The molecular weight excluding hydrogens is 292 g/mol. The molecule has 3 rings (SSSR count). The molecule has 2 atom stereocenters. The van der Waals surface area contributed by atoms with Gasteiger partial charge in [-0.2, -0.15) is 0 Å². The van der Waals surface area contributed by atoms with Crippen LogP contribution in [0.4, 0.5) is 0 Å². The van der Waals surface area contributed by atoms with Crippen LogP contribution in [0.15, 0.2) is 97.6 Å². The fraction of sp³-hybridized carbons (Fsp3) is 0.130. The van der Waals surface area contributed by atoms with Crippen LogP contribution in [0.2, 0.25) is 0 Å². The lowest BCUT2D eigenvalue weighted by Gasteiger charge is -2.27. The van der Waals surface area contributed by atoms with Gasteiger partial charge in [-0.25, -0.2) is 0 Å². The van der Waals surface area contributed by atoms with E-state index in [1.54, 1.807) is 7.11 Å². The molecule has 0 fully saturated rings. The fourth-order valence-corrected chi connectivity index (χ4v) is 3.30. The Morgan fingerprint density at radius 1 is 0.750 bits per heavy atom. The summed E-state index contributed by atoms with van der Waals surface area (Å²) in [5, 5.41) is 0. The van der Waals surface area contributed by atoms with E-state index >= 15 is 0 Å². The van der Waals surface area contributed by atoms with Crippen molar-refractivity contribution >= 4 is 0 Å². The minimum Gasteiger partial charge on any atom is -0.496 e. The van der Waals surface area contributed by atoms with Crippen LogP contribution in [-0.4, -0.2) is 7.11 Å². The minimum atomic E-state index is 0.155.